The van der Waals surface area contributed by atoms with Crippen LogP contribution in [0.4, 0.5) is 0 Å². The molecule has 1 N–H and O–H groups in total. The Morgan fingerprint density at radius 3 is 2.40 bits per heavy atom. The molecule has 52 heavy (non-hydrogen) atoms. The molecule has 6 rings (SSSR count). The van der Waals surface area contributed by atoms with Crippen molar-refractivity contribution in [3.63, 3.8) is 0 Å². The van der Waals surface area contributed by atoms with Crippen molar-refractivity contribution in [3.8, 4) is 11.5 Å². The summed E-state index contributed by atoms with van der Waals surface area (Å²) < 4.78 is 49.9. The molecule has 1 heterocycles. The van der Waals surface area contributed by atoms with Crippen LogP contribution in [0.2, 0.25) is 0 Å². The lowest BCUT2D eigenvalue weighted by Crippen LogP contribution is -2.48. The lowest BCUT2D eigenvalue weighted by atomic mass is 9.77. The van der Waals surface area contributed by atoms with Crippen LogP contribution in [0, 0.1) is 22.7 Å². The number of allylic oxidation sites excluding steroid dienone is 1. The van der Waals surface area contributed by atoms with E-state index in [0.717, 1.165) is 36.5 Å². The van der Waals surface area contributed by atoms with E-state index in [2.05, 4.69) is 6.58 Å². The molecule has 2 aromatic carbocycles. The molecular weight excluding hydrogens is 689 g/mol. The van der Waals surface area contributed by atoms with Crippen LogP contribution >= 0.6 is 0 Å². The Kier molecular flexibility index (Phi) is 10.8. The van der Waals surface area contributed by atoms with Crippen molar-refractivity contribution in [2.24, 2.45) is 22.7 Å². The van der Waals surface area contributed by atoms with Gasteiger partial charge in [0.15, 0.2) is 5.78 Å². The number of carbonyl (C=O) groups excluding carboxylic acids is 4. The van der Waals surface area contributed by atoms with E-state index in [1.165, 1.54) is 4.90 Å². The van der Waals surface area contributed by atoms with Gasteiger partial charge in [-0.05, 0) is 85.9 Å². The number of ketones is 1. The van der Waals surface area contributed by atoms with Gasteiger partial charge in [0, 0.05) is 18.2 Å². The smallest absolute Gasteiger partial charge is 0.362 e. The Bertz CT molecular complexity index is 1830. The lowest BCUT2D eigenvalue weighted by molar-refractivity contribution is -0.156. The van der Waals surface area contributed by atoms with E-state index in [0.29, 0.717) is 24.3 Å². The van der Waals surface area contributed by atoms with E-state index in [-0.39, 0.29) is 44.2 Å². The number of fused-ring (bicyclic) bond motifs is 1. The van der Waals surface area contributed by atoms with Crippen molar-refractivity contribution in [1.82, 2.24) is 9.62 Å². The van der Waals surface area contributed by atoms with Gasteiger partial charge in [0.1, 0.15) is 23.7 Å². The van der Waals surface area contributed by atoms with Crippen molar-refractivity contribution in [3.05, 3.63) is 49.1 Å². The Morgan fingerprint density at radius 1 is 1.04 bits per heavy atom. The van der Waals surface area contributed by atoms with Crippen LogP contribution in [0.5, 0.6) is 11.5 Å². The first-order chi connectivity index (χ1) is 24.6. The molecule has 4 unspecified atom stereocenters. The number of nitrogens with zero attached hydrogens (tertiary/aromatic N) is 1. The average molecular weight is 739 g/mol. The number of hydrogen-bond donors (Lipinski definition) is 1. The van der Waals surface area contributed by atoms with E-state index < -0.39 is 68.9 Å². The zero-order chi connectivity index (χ0) is 37.4. The van der Waals surface area contributed by atoms with Gasteiger partial charge in [-0.1, -0.05) is 39.0 Å². The Labute approximate surface area is 305 Å². The van der Waals surface area contributed by atoms with Crippen molar-refractivity contribution in [1.29, 1.82) is 0 Å². The first-order valence-electron chi connectivity index (χ1n) is 18.3. The van der Waals surface area contributed by atoms with Crippen LogP contribution in [-0.4, -0.2) is 74.9 Å². The van der Waals surface area contributed by atoms with Gasteiger partial charge in [-0.2, -0.15) is 8.42 Å². The van der Waals surface area contributed by atoms with Crippen molar-refractivity contribution in [2.75, 3.05) is 13.7 Å². The van der Waals surface area contributed by atoms with Gasteiger partial charge >= 0.3 is 16.3 Å². The van der Waals surface area contributed by atoms with Crippen LogP contribution in [0.25, 0.3) is 10.8 Å². The molecule has 282 valence electrons. The van der Waals surface area contributed by atoms with Gasteiger partial charge in [-0.25, -0.2) is 4.72 Å². The summed E-state index contributed by atoms with van der Waals surface area (Å²) in [5.41, 5.74) is -2.01. The molecule has 0 radical (unpaired) electrons. The molecule has 3 saturated carbocycles. The summed E-state index contributed by atoms with van der Waals surface area (Å²) in [5.74, 6) is -2.03. The summed E-state index contributed by atoms with van der Waals surface area (Å²) in [5, 5.41) is 1.72. The molecule has 5 atom stereocenters. The largest absolute Gasteiger partial charge is 0.497 e. The molecule has 2 aromatic rings. The average Bonchev–Trinajstić information content (AvgIpc) is 3.92. The number of carbonyl (C=O) groups is 4. The second-order valence-corrected chi connectivity index (χ2v) is 17.2. The Hall–Kier alpha value is -3.97. The van der Waals surface area contributed by atoms with Crippen LogP contribution in [0.3, 0.4) is 0 Å². The van der Waals surface area contributed by atoms with Gasteiger partial charge in [-0.15, -0.1) is 6.58 Å². The zero-order valence-electron chi connectivity index (χ0n) is 30.4. The quantitative estimate of drug-likeness (QED) is 0.185. The highest BCUT2D eigenvalue weighted by molar-refractivity contribution is 7.85. The molecule has 12 nitrogen and oxygen atoms in total. The number of amides is 2. The zero-order valence-corrected chi connectivity index (χ0v) is 31.2. The molecule has 0 bridgehead atoms. The summed E-state index contributed by atoms with van der Waals surface area (Å²) in [7, 11) is -2.77. The predicted molar refractivity (Wildman–Crippen MR) is 192 cm³/mol. The second-order valence-electron chi connectivity index (χ2n) is 15.9. The minimum atomic E-state index is -4.37. The number of rotatable bonds is 15. The first kappa shape index (κ1) is 37.8. The maximum atomic E-state index is 14.6. The van der Waals surface area contributed by atoms with E-state index in [9.17, 15) is 27.6 Å². The fraction of sp³-hybridized carbons (Fsp3) is 0.590. The summed E-state index contributed by atoms with van der Waals surface area (Å²) in [6.45, 7) is 9.52. The highest BCUT2D eigenvalue weighted by Gasteiger charge is 2.61. The summed E-state index contributed by atoms with van der Waals surface area (Å²) in [6.07, 6.45) is 5.02. The van der Waals surface area contributed by atoms with Crippen molar-refractivity contribution >= 4 is 44.6 Å². The summed E-state index contributed by atoms with van der Waals surface area (Å²) in [4.78, 5) is 57.2. The third kappa shape index (κ3) is 8.46. The van der Waals surface area contributed by atoms with Crippen LogP contribution < -0.4 is 14.2 Å². The highest BCUT2D eigenvalue weighted by Crippen LogP contribution is 2.57. The van der Waals surface area contributed by atoms with Gasteiger partial charge in [0.2, 0.25) is 11.8 Å². The maximum absolute atomic E-state index is 14.6. The Balaban J connectivity index is 1.26. The number of esters is 1. The second kappa shape index (κ2) is 14.8. The third-order valence-corrected chi connectivity index (χ3v) is 11.9. The highest BCUT2D eigenvalue weighted by atomic mass is 32.2. The van der Waals surface area contributed by atoms with E-state index in [1.54, 1.807) is 13.2 Å². The van der Waals surface area contributed by atoms with Gasteiger partial charge in [-0.3, -0.25) is 23.4 Å². The van der Waals surface area contributed by atoms with Crippen molar-refractivity contribution < 1.29 is 46.0 Å². The van der Waals surface area contributed by atoms with Crippen LogP contribution in [0.1, 0.15) is 85.0 Å². The number of methoxy groups -OCH3 is 1. The number of ether oxygens (including phenoxy) is 3. The van der Waals surface area contributed by atoms with E-state index >= 15 is 0 Å². The normalized spacial score (nSPS) is 25.4. The molecule has 4 fully saturated rings. The number of Topliss-reactive ketones (excluding diaryl/α,β-unsaturated/α-hetero) is 1. The molecular formula is C39H50N2O10S. The van der Waals surface area contributed by atoms with Crippen molar-refractivity contribution in [2.45, 2.75) is 109 Å². The number of benzene rings is 2. The van der Waals surface area contributed by atoms with E-state index in [4.69, 9.17) is 18.4 Å². The first-order valence-corrected chi connectivity index (χ1v) is 19.7. The van der Waals surface area contributed by atoms with Crippen LogP contribution in [0.15, 0.2) is 49.1 Å². The molecule has 1 saturated heterocycles. The summed E-state index contributed by atoms with van der Waals surface area (Å²) in [6, 6.07) is 10.2. The molecule has 13 heteroatoms. The third-order valence-electron chi connectivity index (χ3n) is 10.9. The minimum absolute atomic E-state index is 0.0692. The van der Waals surface area contributed by atoms with Gasteiger partial charge in [0.25, 0.3) is 0 Å². The number of nitrogens with one attached hydrogen (secondary N) is 1. The topological polar surface area (TPSA) is 155 Å². The lowest BCUT2D eigenvalue weighted by Gasteiger charge is -2.35. The standard InChI is InChI=1S/C39H50N2O10S/c1-6-25-21-39(25,37(45)40-52(46,47)51-27-14-15-27)22-33(42)32-19-29(49-34-13-9-10-24-18-28(48-5)16-17-30(24)34)23-41(32)36(44)31(38(2,3)4)20-35(43)50-26-11-7-8-12-26/h6,9-10,13,16-18,25-27,29,31-32H,1,7-8,11-12,14-15,19-23H2,2-5H3,(H,40,45)/t25?,29?,31?,32?,39-/m1/s1. The molecule has 2 amide bonds. The maximum Gasteiger partial charge on any atom is 0.362 e. The molecule has 0 aromatic heterocycles. The van der Waals surface area contributed by atoms with Gasteiger partial charge in [0.05, 0.1) is 43.6 Å². The number of likely N-dealkylation sites (tertiary alicyclic amines) is 1. The predicted octanol–water partition coefficient (Wildman–Crippen LogP) is 5.43. The molecule has 3 aliphatic carbocycles. The molecule has 0 spiro atoms. The fourth-order valence-electron chi connectivity index (χ4n) is 7.64. The molecule has 4 aliphatic rings. The Morgan fingerprint density at radius 2 is 1.77 bits per heavy atom. The fourth-order valence-corrected chi connectivity index (χ4v) is 8.67. The van der Waals surface area contributed by atoms with Gasteiger partial charge < -0.3 is 19.1 Å². The monoisotopic (exact) mass is 738 g/mol. The molecule has 1 aliphatic heterocycles. The SMILES string of the molecule is C=CC1C[C@]1(CC(=O)C1CC(Oc2cccc3cc(OC)ccc23)CN1C(=O)C(CC(=O)OC1CCCC1)C(C)(C)C)C(=O)NS(=O)(=O)OC1CC1. The summed E-state index contributed by atoms with van der Waals surface area (Å²) >= 11 is 0. The van der Waals surface area contributed by atoms with E-state index in [1.807, 2.05) is 61.9 Å². The minimum Gasteiger partial charge on any atom is -0.497 e. The number of hydrogen-bond acceptors (Lipinski definition) is 10. The van der Waals surface area contributed by atoms with Crippen LogP contribution in [-0.2, 0) is 38.4 Å².